The molecular formula is C21H19F2N5OS. The molecule has 5 rings (SSSR count). The Labute approximate surface area is 175 Å². The van der Waals surface area contributed by atoms with Gasteiger partial charge in [-0.25, -0.2) is 13.8 Å². The highest BCUT2D eigenvalue weighted by Crippen LogP contribution is 2.40. The van der Waals surface area contributed by atoms with Crippen LogP contribution in [0.4, 0.5) is 14.5 Å². The fraction of sp³-hybridized carbons (Fsp3) is 0.238. The van der Waals surface area contributed by atoms with Gasteiger partial charge in [-0.3, -0.25) is 4.90 Å². The van der Waals surface area contributed by atoms with Crippen molar-refractivity contribution >= 4 is 22.0 Å². The van der Waals surface area contributed by atoms with E-state index in [1.807, 2.05) is 6.07 Å². The van der Waals surface area contributed by atoms with Gasteiger partial charge < -0.3 is 10.0 Å². The van der Waals surface area contributed by atoms with E-state index in [1.165, 1.54) is 46.4 Å². The Bertz CT molecular complexity index is 1170. The molecule has 3 heterocycles. The molecule has 1 saturated heterocycles. The molecule has 1 atom stereocenters. The Morgan fingerprint density at radius 2 is 1.73 bits per heavy atom. The average molecular weight is 427 g/mol. The normalized spacial score (nSPS) is 16.3. The smallest absolute Gasteiger partial charge is 0.230 e. The molecule has 0 saturated carbocycles. The lowest BCUT2D eigenvalue weighted by atomic mass is 10.0. The van der Waals surface area contributed by atoms with Gasteiger partial charge in [0, 0.05) is 31.9 Å². The SMILES string of the molecule is Oc1c([C@@H](c2cccc(F)c2)N2CCN(c3ccc(F)cc3)CC2)sc2ncnn12. The Balaban J connectivity index is 1.46. The van der Waals surface area contributed by atoms with Crippen molar-refractivity contribution in [3.05, 3.63) is 76.9 Å². The van der Waals surface area contributed by atoms with Crippen LogP contribution in [0.25, 0.3) is 4.96 Å². The zero-order valence-corrected chi connectivity index (χ0v) is 16.8. The zero-order valence-electron chi connectivity index (χ0n) is 15.9. The maximum absolute atomic E-state index is 14.0. The molecule has 1 aliphatic rings. The fourth-order valence-corrected chi connectivity index (χ4v) is 5.06. The fourth-order valence-electron chi connectivity index (χ4n) is 3.97. The van der Waals surface area contributed by atoms with Gasteiger partial charge in [0.1, 0.15) is 18.0 Å². The molecule has 154 valence electrons. The van der Waals surface area contributed by atoms with E-state index in [1.54, 1.807) is 18.2 Å². The van der Waals surface area contributed by atoms with Crippen molar-refractivity contribution < 1.29 is 13.9 Å². The van der Waals surface area contributed by atoms with Crippen LogP contribution in [-0.2, 0) is 0 Å². The average Bonchev–Trinajstić information content (AvgIpc) is 3.33. The predicted octanol–water partition coefficient (Wildman–Crippen LogP) is 3.69. The number of fused-ring (bicyclic) bond motifs is 1. The van der Waals surface area contributed by atoms with Crippen molar-refractivity contribution in [3.8, 4) is 5.88 Å². The van der Waals surface area contributed by atoms with Gasteiger partial charge >= 0.3 is 0 Å². The number of hydrogen-bond acceptors (Lipinski definition) is 6. The van der Waals surface area contributed by atoms with Gasteiger partial charge in [0.05, 0.1) is 10.9 Å². The maximum Gasteiger partial charge on any atom is 0.230 e. The van der Waals surface area contributed by atoms with E-state index in [-0.39, 0.29) is 23.6 Å². The third kappa shape index (κ3) is 3.40. The minimum Gasteiger partial charge on any atom is -0.492 e. The minimum atomic E-state index is -0.318. The lowest BCUT2D eigenvalue weighted by Gasteiger charge is -2.40. The summed E-state index contributed by atoms with van der Waals surface area (Å²) in [7, 11) is 0. The number of piperazine rings is 1. The van der Waals surface area contributed by atoms with E-state index in [0.29, 0.717) is 22.9 Å². The maximum atomic E-state index is 14.0. The molecule has 1 fully saturated rings. The predicted molar refractivity (Wildman–Crippen MR) is 111 cm³/mol. The van der Waals surface area contributed by atoms with Crippen molar-refractivity contribution in [2.45, 2.75) is 6.04 Å². The molecule has 1 aliphatic heterocycles. The lowest BCUT2D eigenvalue weighted by molar-refractivity contribution is 0.211. The summed E-state index contributed by atoms with van der Waals surface area (Å²) in [4.78, 5) is 9.87. The molecule has 9 heteroatoms. The summed E-state index contributed by atoms with van der Waals surface area (Å²) in [5.74, 6) is -0.542. The van der Waals surface area contributed by atoms with Crippen LogP contribution < -0.4 is 4.90 Å². The first-order valence-corrected chi connectivity index (χ1v) is 10.4. The second kappa shape index (κ2) is 7.66. The number of rotatable bonds is 4. The van der Waals surface area contributed by atoms with Crippen LogP contribution >= 0.6 is 11.3 Å². The van der Waals surface area contributed by atoms with Gasteiger partial charge in [0.2, 0.25) is 10.8 Å². The highest BCUT2D eigenvalue weighted by molar-refractivity contribution is 7.17. The molecular weight excluding hydrogens is 408 g/mol. The number of aromatic nitrogens is 3. The van der Waals surface area contributed by atoms with E-state index in [2.05, 4.69) is 19.9 Å². The molecule has 0 radical (unpaired) electrons. The molecule has 0 unspecified atom stereocenters. The van der Waals surface area contributed by atoms with Crippen molar-refractivity contribution in [2.24, 2.45) is 0 Å². The Hall–Kier alpha value is -3.04. The monoisotopic (exact) mass is 427 g/mol. The third-order valence-corrected chi connectivity index (χ3v) is 6.51. The van der Waals surface area contributed by atoms with Crippen molar-refractivity contribution in [1.82, 2.24) is 19.5 Å². The van der Waals surface area contributed by atoms with Gasteiger partial charge in [-0.05, 0) is 42.0 Å². The second-order valence-electron chi connectivity index (χ2n) is 7.20. The largest absolute Gasteiger partial charge is 0.492 e. The number of anilines is 1. The summed E-state index contributed by atoms with van der Waals surface area (Å²) >= 11 is 1.35. The molecule has 0 spiro atoms. The van der Waals surface area contributed by atoms with Gasteiger partial charge in [0.15, 0.2) is 0 Å². The van der Waals surface area contributed by atoms with Gasteiger partial charge in [0.25, 0.3) is 0 Å². The minimum absolute atomic E-state index is 0.0303. The first-order valence-electron chi connectivity index (χ1n) is 9.61. The summed E-state index contributed by atoms with van der Waals surface area (Å²) < 4.78 is 28.7. The van der Waals surface area contributed by atoms with Crippen molar-refractivity contribution in [1.29, 1.82) is 0 Å². The Morgan fingerprint density at radius 1 is 0.967 bits per heavy atom. The number of aromatic hydroxyl groups is 1. The van der Waals surface area contributed by atoms with Crippen LogP contribution in [0, 0.1) is 11.6 Å². The van der Waals surface area contributed by atoms with Crippen LogP contribution in [0.5, 0.6) is 5.88 Å². The van der Waals surface area contributed by atoms with Gasteiger partial charge in [-0.2, -0.15) is 9.61 Å². The summed E-state index contributed by atoms with van der Waals surface area (Å²) in [6.07, 6.45) is 1.40. The third-order valence-electron chi connectivity index (χ3n) is 5.42. The van der Waals surface area contributed by atoms with Crippen LogP contribution in [0.15, 0.2) is 54.9 Å². The van der Waals surface area contributed by atoms with E-state index in [9.17, 15) is 13.9 Å². The number of benzene rings is 2. The highest BCUT2D eigenvalue weighted by Gasteiger charge is 2.31. The van der Waals surface area contributed by atoms with Crippen LogP contribution in [0.2, 0.25) is 0 Å². The van der Waals surface area contributed by atoms with E-state index in [0.717, 1.165) is 24.3 Å². The number of halogens is 2. The van der Waals surface area contributed by atoms with Crippen LogP contribution in [0.3, 0.4) is 0 Å². The molecule has 4 aromatic rings. The van der Waals surface area contributed by atoms with E-state index >= 15 is 0 Å². The lowest BCUT2D eigenvalue weighted by Crippen LogP contribution is -2.47. The molecule has 0 aliphatic carbocycles. The van der Waals surface area contributed by atoms with Crippen molar-refractivity contribution in [2.75, 3.05) is 31.1 Å². The highest BCUT2D eigenvalue weighted by atomic mass is 32.1. The molecule has 30 heavy (non-hydrogen) atoms. The molecule has 0 bridgehead atoms. The molecule has 2 aromatic carbocycles. The second-order valence-corrected chi connectivity index (χ2v) is 8.21. The number of nitrogens with zero attached hydrogens (tertiary/aromatic N) is 5. The Morgan fingerprint density at radius 3 is 2.43 bits per heavy atom. The molecule has 0 amide bonds. The quantitative estimate of drug-likeness (QED) is 0.538. The van der Waals surface area contributed by atoms with E-state index < -0.39 is 0 Å². The topological polar surface area (TPSA) is 56.9 Å². The summed E-state index contributed by atoms with van der Waals surface area (Å²) in [5.41, 5.74) is 1.74. The summed E-state index contributed by atoms with van der Waals surface area (Å²) in [6, 6.07) is 12.6. The first-order chi connectivity index (χ1) is 14.6. The Kier molecular flexibility index (Phi) is 4.84. The van der Waals surface area contributed by atoms with Crippen molar-refractivity contribution in [3.63, 3.8) is 0 Å². The zero-order chi connectivity index (χ0) is 20.7. The molecule has 2 aromatic heterocycles. The van der Waals surface area contributed by atoms with Gasteiger partial charge in [-0.1, -0.05) is 23.5 Å². The summed E-state index contributed by atoms with van der Waals surface area (Å²) in [5, 5.41) is 14.8. The van der Waals surface area contributed by atoms with E-state index in [4.69, 9.17) is 0 Å². The standard InChI is InChI=1S/C21H19F2N5OS/c22-15-4-6-17(7-5-15)26-8-10-27(11-9-26)18(14-2-1-3-16(23)12-14)19-20(29)28-21(30-19)24-13-25-28/h1-7,12-13,18,29H,8-11H2/t18-/m1/s1. The molecule has 1 N–H and O–H groups in total. The van der Waals surface area contributed by atoms with Crippen LogP contribution in [-0.4, -0.2) is 50.8 Å². The first kappa shape index (κ1) is 19.0. The number of hydrogen-bond donors (Lipinski definition) is 1. The molecule has 6 nitrogen and oxygen atoms in total. The van der Waals surface area contributed by atoms with Crippen LogP contribution in [0.1, 0.15) is 16.5 Å². The summed E-state index contributed by atoms with van der Waals surface area (Å²) in [6.45, 7) is 2.87. The number of thiazole rings is 1. The van der Waals surface area contributed by atoms with Gasteiger partial charge in [-0.15, -0.1) is 0 Å².